The van der Waals surface area contributed by atoms with Crippen LogP contribution in [-0.4, -0.2) is 35.3 Å². The molecule has 2 amide bonds. The number of carbonyl (C=O) groups excluding carboxylic acids is 1. The van der Waals surface area contributed by atoms with Crippen LogP contribution in [0.5, 0.6) is 0 Å². The molecule has 0 bridgehead atoms. The SMILES string of the molecule is CCc1cnc(CCNC(=O)NC2CCCCC2CO)s1. The van der Waals surface area contributed by atoms with Crippen molar-refractivity contribution in [3.05, 3.63) is 16.1 Å². The molecule has 1 aromatic heterocycles. The lowest BCUT2D eigenvalue weighted by atomic mass is 9.85. The average Bonchev–Trinajstić information content (AvgIpc) is 2.96. The summed E-state index contributed by atoms with van der Waals surface area (Å²) in [6.45, 7) is 2.87. The lowest BCUT2D eigenvalue weighted by molar-refractivity contribution is 0.154. The molecule has 0 radical (unpaired) electrons. The predicted octanol–water partition coefficient (Wildman–Crippen LogP) is 2.10. The van der Waals surface area contributed by atoms with E-state index in [0.29, 0.717) is 6.54 Å². The first-order chi connectivity index (χ1) is 10.2. The Morgan fingerprint density at radius 1 is 1.48 bits per heavy atom. The molecular formula is C15H25N3O2S. The summed E-state index contributed by atoms with van der Waals surface area (Å²) in [5, 5.41) is 16.3. The molecule has 1 fully saturated rings. The summed E-state index contributed by atoms with van der Waals surface area (Å²) < 4.78 is 0. The molecule has 21 heavy (non-hydrogen) atoms. The number of thiazole rings is 1. The number of nitrogens with one attached hydrogen (secondary N) is 2. The summed E-state index contributed by atoms with van der Waals surface area (Å²) in [6.07, 6.45) is 7.93. The Kier molecular flexibility index (Phi) is 6.45. The Hall–Kier alpha value is -1.14. The van der Waals surface area contributed by atoms with Gasteiger partial charge in [-0.3, -0.25) is 0 Å². The first-order valence-corrected chi connectivity index (χ1v) is 8.63. The molecule has 0 saturated heterocycles. The van der Waals surface area contributed by atoms with Gasteiger partial charge in [0.15, 0.2) is 0 Å². The van der Waals surface area contributed by atoms with E-state index in [9.17, 15) is 9.90 Å². The van der Waals surface area contributed by atoms with E-state index in [1.54, 1.807) is 11.3 Å². The number of urea groups is 1. The summed E-state index contributed by atoms with van der Waals surface area (Å²) in [7, 11) is 0. The highest BCUT2D eigenvalue weighted by molar-refractivity contribution is 7.11. The zero-order chi connectivity index (χ0) is 15.1. The third kappa shape index (κ3) is 4.97. The van der Waals surface area contributed by atoms with Crippen LogP contribution in [-0.2, 0) is 12.8 Å². The van der Waals surface area contributed by atoms with Gasteiger partial charge in [0.25, 0.3) is 0 Å². The number of aliphatic hydroxyl groups is 1. The largest absolute Gasteiger partial charge is 0.396 e. The molecule has 1 saturated carbocycles. The van der Waals surface area contributed by atoms with Crippen molar-refractivity contribution in [2.45, 2.75) is 51.5 Å². The van der Waals surface area contributed by atoms with Crippen molar-refractivity contribution in [1.29, 1.82) is 0 Å². The molecule has 2 rings (SSSR count). The minimum absolute atomic E-state index is 0.107. The minimum atomic E-state index is -0.132. The summed E-state index contributed by atoms with van der Waals surface area (Å²) in [6, 6.07) is -0.0251. The van der Waals surface area contributed by atoms with E-state index in [2.05, 4.69) is 22.5 Å². The maximum atomic E-state index is 11.9. The second kappa shape index (κ2) is 8.34. The molecule has 5 nitrogen and oxygen atoms in total. The Bertz CT molecular complexity index is 450. The summed E-state index contributed by atoms with van der Waals surface area (Å²) >= 11 is 1.71. The molecule has 1 aliphatic rings. The number of rotatable bonds is 6. The number of amides is 2. The number of aliphatic hydroxyl groups excluding tert-OH is 1. The standard InChI is InChI=1S/C15H25N3O2S/c1-2-12-9-17-14(21-12)7-8-16-15(20)18-13-6-4-3-5-11(13)10-19/h9,11,13,19H,2-8,10H2,1H3,(H2,16,18,20). The van der Waals surface area contributed by atoms with Gasteiger partial charge < -0.3 is 15.7 Å². The van der Waals surface area contributed by atoms with E-state index in [1.165, 1.54) is 4.88 Å². The van der Waals surface area contributed by atoms with Gasteiger partial charge in [0, 0.05) is 42.6 Å². The Morgan fingerprint density at radius 2 is 2.29 bits per heavy atom. The summed E-state index contributed by atoms with van der Waals surface area (Å²) in [5.74, 6) is 0.204. The van der Waals surface area contributed by atoms with Crippen LogP contribution >= 0.6 is 11.3 Å². The van der Waals surface area contributed by atoms with Crippen LogP contribution in [0.25, 0.3) is 0 Å². The monoisotopic (exact) mass is 311 g/mol. The highest BCUT2D eigenvalue weighted by Crippen LogP contribution is 2.23. The topological polar surface area (TPSA) is 74.2 Å². The molecular weight excluding hydrogens is 286 g/mol. The molecule has 1 aromatic rings. The molecule has 1 aliphatic carbocycles. The van der Waals surface area contributed by atoms with Crippen molar-refractivity contribution in [1.82, 2.24) is 15.6 Å². The third-order valence-electron chi connectivity index (χ3n) is 4.03. The van der Waals surface area contributed by atoms with E-state index >= 15 is 0 Å². The first kappa shape index (κ1) is 16.2. The number of aromatic nitrogens is 1. The van der Waals surface area contributed by atoms with Crippen LogP contribution in [0.15, 0.2) is 6.20 Å². The molecule has 2 atom stereocenters. The highest BCUT2D eigenvalue weighted by atomic mass is 32.1. The van der Waals surface area contributed by atoms with Gasteiger partial charge in [-0.2, -0.15) is 0 Å². The van der Waals surface area contributed by atoms with Crippen LogP contribution in [0.4, 0.5) is 4.79 Å². The normalized spacial score (nSPS) is 22.0. The van der Waals surface area contributed by atoms with Crippen LogP contribution in [0.1, 0.15) is 42.5 Å². The molecule has 1 heterocycles. The van der Waals surface area contributed by atoms with Crippen LogP contribution in [0.3, 0.4) is 0 Å². The first-order valence-electron chi connectivity index (χ1n) is 7.81. The molecule has 6 heteroatoms. The lowest BCUT2D eigenvalue weighted by Gasteiger charge is -2.30. The second-order valence-electron chi connectivity index (χ2n) is 5.56. The zero-order valence-electron chi connectivity index (χ0n) is 12.6. The summed E-state index contributed by atoms with van der Waals surface area (Å²) in [4.78, 5) is 17.5. The minimum Gasteiger partial charge on any atom is -0.396 e. The number of hydrogen-bond donors (Lipinski definition) is 3. The number of nitrogens with zero attached hydrogens (tertiary/aromatic N) is 1. The number of hydrogen-bond acceptors (Lipinski definition) is 4. The van der Waals surface area contributed by atoms with E-state index in [4.69, 9.17) is 0 Å². The van der Waals surface area contributed by atoms with E-state index in [-0.39, 0.29) is 24.6 Å². The maximum absolute atomic E-state index is 11.9. The van der Waals surface area contributed by atoms with Crippen molar-refractivity contribution in [2.75, 3.05) is 13.2 Å². The van der Waals surface area contributed by atoms with Gasteiger partial charge in [0.1, 0.15) is 0 Å². The quantitative estimate of drug-likeness (QED) is 0.753. The van der Waals surface area contributed by atoms with E-state index in [0.717, 1.165) is 43.5 Å². The fourth-order valence-electron chi connectivity index (χ4n) is 2.75. The Labute approximate surface area is 130 Å². The molecule has 2 unspecified atom stereocenters. The second-order valence-corrected chi connectivity index (χ2v) is 6.76. The van der Waals surface area contributed by atoms with Gasteiger partial charge in [-0.1, -0.05) is 19.8 Å². The van der Waals surface area contributed by atoms with Crippen LogP contribution < -0.4 is 10.6 Å². The van der Waals surface area contributed by atoms with Gasteiger partial charge in [0.05, 0.1) is 5.01 Å². The van der Waals surface area contributed by atoms with Gasteiger partial charge >= 0.3 is 6.03 Å². The average molecular weight is 311 g/mol. The molecule has 0 aromatic carbocycles. The van der Waals surface area contributed by atoms with Gasteiger partial charge in [-0.15, -0.1) is 11.3 Å². The van der Waals surface area contributed by atoms with Crippen molar-refractivity contribution in [3.8, 4) is 0 Å². The van der Waals surface area contributed by atoms with E-state index in [1.807, 2.05) is 6.20 Å². The van der Waals surface area contributed by atoms with Gasteiger partial charge in [-0.05, 0) is 19.3 Å². The molecule has 118 valence electrons. The maximum Gasteiger partial charge on any atom is 0.315 e. The van der Waals surface area contributed by atoms with Crippen LogP contribution in [0, 0.1) is 5.92 Å². The lowest BCUT2D eigenvalue weighted by Crippen LogP contribution is -2.48. The van der Waals surface area contributed by atoms with Crippen molar-refractivity contribution >= 4 is 17.4 Å². The van der Waals surface area contributed by atoms with Gasteiger partial charge in [0.2, 0.25) is 0 Å². The number of carbonyl (C=O) groups is 1. The molecule has 0 aliphatic heterocycles. The fourth-order valence-corrected chi connectivity index (χ4v) is 3.61. The predicted molar refractivity (Wildman–Crippen MR) is 84.6 cm³/mol. The molecule has 0 spiro atoms. The highest BCUT2D eigenvalue weighted by Gasteiger charge is 2.25. The zero-order valence-corrected chi connectivity index (χ0v) is 13.4. The van der Waals surface area contributed by atoms with Gasteiger partial charge in [-0.25, -0.2) is 9.78 Å². The molecule has 3 N–H and O–H groups in total. The van der Waals surface area contributed by atoms with E-state index < -0.39 is 0 Å². The van der Waals surface area contributed by atoms with Crippen molar-refractivity contribution in [2.24, 2.45) is 5.92 Å². The Balaban J connectivity index is 1.69. The van der Waals surface area contributed by atoms with Crippen LogP contribution in [0.2, 0.25) is 0 Å². The Morgan fingerprint density at radius 3 is 3.00 bits per heavy atom. The summed E-state index contributed by atoms with van der Waals surface area (Å²) in [5.41, 5.74) is 0. The van der Waals surface area contributed by atoms with Crippen molar-refractivity contribution < 1.29 is 9.90 Å². The number of aryl methyl sites for hydroxylation is 1. The smallest absolute Gasteiger partial charge is 0.315 e. The third-order valence-corrected chi connectivity index (χ3v) is 5.24. The fraction of sp³-hybridized carbons (Fsp3) is 0.733. The van der Waals surface area contributed by atoms with Crippen molar-refractivity contribution in [3.63, 3.8) is 0 Å².